The van der Waals surface area contributed by atoms with Crippen molar-refractivity contribution in [1.82, 2.24) is 19.1 Å². The number of hydrogen-bond acceptors (Lipinski definition) is 2. The van der Waals surface area contributed by atoms with Gasteiger partial charge in [-0.05, 0) is 70.8 Å². The fourth-order valence-electron chi connectivity index (χ4n) is 7.06. The van der Waals surface area contributed by atoms with Gasteiger partial charge in [-0.25, -0.2) is 4.98 Å². The maximum absolute atomic E-state index is 5.36. The molecule has 0 aliphatic heterocycles. The normalized spacial score (nSPS) is 13.8. The van der Waals surface area contributed by atoms with Crippen molar-refractivity contribution >= 4 is 44.0 Å². The van der Waals surface area contributed by atoms with Crippen LogP contribution in [0, 0.1) is 0 Å². The van der Waals surface area contributed by atoms with Crippen LogP contribution in [0.25, 0.3) is 66.5 Å². The maximum Gasteiger partial charge on any atom is 0.116 e. The fourth-order valence-corrected chi connectivity index (χ4v) is 7.06. The molecule has 9 rings (SSSR count). The fraction of sp³-hybridized carbons (Fsp3) is 0.0811. The molecule has 0 saturated heterocycles. The van der Waals surface area contributed by atoms with Gasteiger partial charge in [0.05, 0.1) is 27.6 Å². The second-order valence-electron chi connectivity index (χ2n) is 11.5. The first kappa shape index (κ1) is 22.6. The molecule has 0 unspecified atom stereocenters. The Morgan fingerprint density at radius 2 is 1.22 bits per heavy atom. The van der Waals surface area contributed by atoms with E-state index in [0.29, 0.717) is 0 Å². The lowest BCUT2D eigenvalue weighted by molar-refractivity contribution is 0.660. The van der Waals surface area contributed by atoms with Gasteiger partial charge in [-0.1, -0.05) is 80.6 Å². The third-order valence-electron chi connectivity index (χ3n) is 8.96. The molecule has 1 aliphatic carbocycles. The topological polar surface area (TPSA) is 35.6 Å². The van der Waals surface area contributed by atoms with Gasteiger partial charge in [-0.15, -0.1) is 0 Å². The molecule has 1 aliphatic rings. The summed E-state index contributed by atoms with van der Waals surface area (Å²) < 4.78 is 4.67. The Balaban J connectivity index is 1.39. The minimum absolute atomic E-state index is 0.0792. The minimum atomic E-state index is -0.0792. The third kappa shape index (κ3) is 2.94. The maximum atomic E-state index is 5.36. The lowest BCUT2D eigenvalue weighted by Gasteiger charge is -2.22. The summed E-state index contributed by atoms with van der Waals surface area (Å²) in [5.41, 5.74) is 14.7. The smallest absolute Gasteiger partial charge is 0.116 e. The number of para-hydroxylation sites is 2. The molecule has 0 N–H and O–H groups in total. The monoisotopic (exact) mass is 526 g/mol. The first-order chi connectivity index (χ1) is 20.1. The van der Waals surface area contributed by atoms with Gasteiger partial charge < -0.3 is 9.13 Å². The van der Waals surface area contributed by atoms with Crippen LogP contribution in [0.5, 0.6) is 0 Å². The Hall–Kier alpha value is -5.22. The Labute approximate surface area is 237 Å². The van der Waals surface area contributed by atoms with Gasteiger partial charge in [0, 0.05) is 28.4 Å². The van der Waals surface area contributed by atoms with Crippen LogP contribution in [0.15, 0.2) is 121 Å². The molecular formula is C37H26N4. The zero-order valence-electron chi connectivity index (χ0n) is 22.8. The van der Waals surface area contributed by atoms with Crippen molar-refractivity contribution in [2.24, 2.45) is 0 Å². The summed E-state index contributed by atoms with van der Waals surface area (Å²) in [4.78, 5) is 10.2. The van der Waals surface area contributed by atoms with Gasteiger partial charge >= 0.3 is 0 Å². The van der Waals surface area contributed by atoms with Gasteiger partial charge in [0.2, 0.25) is 0 Å². The van der Waals surface area contributed by atoms with Gasteiger partial charge in [0.25, 0.3) is 0 Å². The minimum Gasteiger partial charge on any atom is -0.308 e. The Kier molecular flexibility index (Phi) is 4.36. The number of fused-ring (bicyclic) bond motifs is 9. The Morgan fingerprint density at radius 1 is 0.512 bits per heavy atom. The first-order valence-corrected chi connectivity index (χ1v) is 14.1. The van der Waals surface area contributed by atoms with Crippen molar-refractivity contribution in [3.63, 3.8) is 0 Å². The van der Waals surface area contributed by atoms with Gasteiger partial charge in [-0.3, -0.25) is 4.98 Å². The van der Waals surface area contributed by atoms with E-state index in [0.717, 1.165) is 55.4 Å². The number of hydrogen-bond donors (Lipinski definition) is 0. The van der Waals surface area contributed by atoms with Crippen LogP contribution in [0.1, 0.15) is 25.0 Å². The molecule has 194 valence electrons. The number of pyridine rings is 2. The summed E-state index contributed by atoms with van der Waals surface area (Å²) in [6.45, 7) is 4.66. The highest BCUT2D eigenvalue weighted by atomic mass is 15.0. The van der Waals surface area contributed by atoms with Crippen molar-refractivity contribution in [2.75, 3.05) is 0 Å². The van der Waals surface area contributed by atoms with E-state index >= 15 is 0 Å². The molecule has 0 spiro atoms. The van der Waals surface area contributed by atoms with Crippen LogP contribution in [0.4, 0.5) is 0 Å². The average molecular weight is 527 g/mol. The van der Waals surface area contributed by atoms with E-state index in [4.69, 9.17) is 9.97 Å². The molecule has 4 heterocycles. The third-order valence-corrected chi connectivity index (χ3v) is 8.96. The van der Waals surface area contributed by atoms with Crippen LogP contribution < -0.4 is 0 Å². The average Bonchev–Trinajstić information content (AvgIpc) is 3.60. The summed E-state index contributed by atoms with van der Waals surface area (Å²) in [7, 11) is 0. The van der Waals surface area contributed by atoms with E-state index in [1.807, 2.05) is 12.3 Å². The zero-order valence-corrected chi connectivity index (χ0v) is 22.8. The molecule has 4 nitrogen and oxygen atoms in total. The number of nitrogens with zero attached hydrogens (tertiary/aromatic N) is 4. The molecule has 8 aromatic rings. The quantitative estimate of drug-likeness (QED) is 0.225. The zero-order chi connectivity index (χ0) is 27.3. The van der Waals surface area contributed by atoms with Crippen LogP contribution in [-0.2, 0) is 5.41 Å². The molecule has 0 radical (unpaired) electrons. The van der Waals surface area contributed by atoms with Crippen molar-refractivity contribution in [3.05, 3.63) is 133 Å². The van der Waals surface area contributed by atoms with Crippen molar-refractivity contribution < 1.29 is 0 Å². The molecule has 4 aromatic heterocycles. The summed E-state index contributed by atoms with van der Waals surface area (Å²) in [6, 6.07) is 41.3. The summed E-state index contributed by atoms with van der Waals surface area (Å²) in [6.07, 6.45) is 1.87. The molecular weight excluding hydrogens is 500 g/mol. The molecule has 0 bridgehead atoms. The standard InChI is InChI=1S/C37H26N4/c1-37(2)28-15-8-6-13-25(28)26-19-18-24(21-29(26)37)41-31-17-10-20-38-35(31)36-33(41)22-32-34(39-36)27-14-7-9-16-30(27)40(32)23-11-4-3-5-12-23/h3-22H,1-2H3. The molecule has 0 amide bonds. The number of benzene rings is 4. The van der Waals surface area contributed by atoms with E-state index in [1.165, 1.54) is 22.3 Å². The highest BCUT2D eigenvalue weighted by Crippen LogP contribution is 2.49. The molecule has 4 aromatic carbocycles. The van der Waals surface area contributed by atoms with Gasteiger partial charge in [-0.2, -0.15) is 0 Å². The first-order valence-electron chi connectivity index (χ1n) is 14.1. The SMILES string of the molecule is CC1(C)c2ccccc2-c2ccc(-n3c4cccnc4c4nc5c6ccccc6n(-c6ccccc6)c5cc43)cc21. The second kappa shape index (κ2) is 7.92. The van der Waals surface area contributed by atoms with Crippen LogP contribution in [0.3, 0.4) is 0 Å². The highest BCUT2D eigenvalue weighted by Gasteiger charge is 2.35. The summed E-state index contributed by atoms with van der Waals surface area (Å²) in [5, 5.41) is 1.14. The van der Waals surface area contributed by atoms with Crippen LogP contribution in [-0.4, -0.2) is 19.1 Å². The lowest BCUT2D eigenvalue weighted by atomic mass is 9.82. The number of aromatic nitrogens is 4. The van der Waals surface area contributed by atoms with E-state index in [9.17, 15) is 0 Å². The predicted octanol–water partition coefficient (Wildman–Crippen LogP) is 8.98. The molecule has 0 atom stereocenters. The van der Waals surface area contributed by atoms with Crippen molar-refractivity contribution in [1.29, 1.82) is 0 Å². The van der Waals surface area contributed by atoms with Gasteiger partial charge in [0.15, 0.2) is 0 Å². The summed E-state index contributed by atoms with van der Waals surface area (Å²) >= 11 is 0. The molecule has 41 heavy (non-hydrogen) atoms. The van der Waals surface area contributed by atoms with Crippen LogP contribution in [0.2, 0.25) is 0 Å². The molecule has 0 fully saturated rings. The lowest BCUT2D eigenvalue weighted by Crippen LogP contribution is -2.15. The Bertz CT molecular complexity index is 2340. The second-order valence-corrected chi connectivity index (χ2v) is 11.5. The van der Waals surface area contributed by atoms with E-state index in [1.54, 1.807) is 0 Å². The Morgan fingerprint density at radius 3 is 2.12 bits per heavy atom. The van der Waals surface area contributed by atoms with Crippen molar-refractivity contribution in [3.8, 4) is 22.5 Å². The highest BCUT2D eigenvalue weighted by molar-refractivity contribution is 6.14. The summed E-state index contributed by atoms with van der Waals surface area (Å²) in [5.74, 6) is 0. The van der Waals surface area contributed by atoms with Crippen molar-refractivity contribution in [2.45, 2.75) is 19.3 Å². The van der Waals surface area contributed by atoms with Crippen LogP contribution >= 0.6 is 0 Å². The van der Waals surface area contributed by atoms with Gasteiger partial charge in [0.1, 0.15) is 11.0 Å². The molecule has 4 heteroatoms. The largest absolute Gasteiger partial charge is 0.308 e. The van der Waals surface area contributed by atoms with E-state index < -0.39 is 0 Å². The number of rotatable bonds is 2. The molecule has 0 saturated carbocycles. The van der Waals surface area contributed by atoms with E-state index in [-0.39, 0.29) is 5.41 Å². The van der Waals surface area contributed by atoms with E-state index in [2.05, 4.69) is 132 Å². The predicted molar refractivity (Wildman–Crippen MR) is 168 cm³/mol.